The Bertz CT molecular complexity index is 1420. The molecule has 1 unspecified atom stereocenters. The highest BCUT2D eigenvalue weighted by molar-refractivity contribution is 5.94. The molecule has 37 heavy (non-hydrogen) atoms. The summed E-state index contributed by atoms with van der Waals surface area (Å²) in [5.41, 5.74) is 2.95. The predicted octanol–water partition coefficient (Wildman–Crippen LogP) is 2.66. The molecule has 0 aliphatic carbocycles. The number of hydrogen-bond donors (Lipinski definition) is 4. The van der Waals surface area contributed by atoms with Crippen molar-refractivity contribution in [3.8, 4) is 17.3 Å². The molecule has 1 aliphatic rings. The van der Waals surface area contributed by atoms with Crippen molar-refractivity contribution in [2.24, 2.45) is 0 Å². The van der Waals surface area contributed by atoms with Gasteiger partial charge in [-0.05, 0) is 67.1 Å². The zero-order valence-corrected chi connectivity index (χ0v) is 20.6. The first-order chi connectivity index (χ1) is 18.0. The van der Waals surface area contributed by atoms with Crippen LogP contribution < -0.4 is 15.6 Å². The van der Waals surface area contributed by atoms with Crippen molar-refractivity contribution < 1.29 is 14.9 Å². The van der Waals surface area contributed by atoms with E-state index < -0.39 is 6.10 Å². The number of benzene rings is 1. The standard InChI is InChI=1S/C27H30N6O4/c1-37-24-14-28-13-23(31-24)22-12-19-6-9-29-27(36)25(19)26(32-22)30-20-4-2-17(3-5-20)18-7-10-33(11-8-18)15-21(35)16-34/h2-6,9,12-14,18,21,34-35H,7-8,10-11,15-16H2,1H3,(H,29,36)(H,30,32). The topological polar surface area (TPSA) is 136 Å². The number of fused-ring (bicyclic) bond motifs is 1. The summed E-state index contributed by atoms with van der Waals surface area (Å²) in [6.45, 7) is 2.08. The number of H-pyrrole nitrogens is 1. The van der Waals surface area contributed by atoms with Gasteiger partial charge in [0.05, 0.1) is 43.3 Å². The minimum atomic E-state index is -0.687. The summed E-state index contributed by atoms with van der Waals surface area (Å²) in [5, 5.41) is 23.3. The first-order valence-corrected chi connectivity index (χ1v) is 12.3. The van der Waals surface area contributed by atoms with E-state index in [2.05, 4.69) is 37.3 Å². The number of hydrogen-bond acceptors (Lipinski definition) is 9. The van der Waals surface area contributed by atoms with E-state index in [0.29, 0.717) is 40.9 Å². The second-order valence-electron chi connectivity index (χ2n) is 9.23. The molecule has 0 spiro atoms. The van der Waals surface area contributed by atoms with Gasteiger partial charge >= 0.3 is 0 Å². The molecule has 192 valence electrons. The Balaban J connectivity index is 1.37. The number of aromatic nitrogens is 4. The fourth-order valence-corrected chi connectivity index (χ4v) is 4.79. The van der Waals surface area contributed by atoms with Gasteiger partial charge in [-0.1, -0.05) is 12.1 Å². The van der Waals surface area contributed by atoms with Gasteiger partial charge < -0.3 is 30.2 Å². The number of anilines is 2. The first kappa shape index (κ1) is 24.8. The van der Waals surface area contributed by atoms with Crippen molar-refractivity contribution in [1.82, 2.24) is 24.8 Å². The van der Waals surface area contributed by atoms with Gasteiger partial charge in [0.15, 0.2) is 0 Å². The third kappa shape index (κ3) is 5.61. The summed E-state index contributed by atoms with van der Waals surface area (Å²) in [7, 11) is 1.53. The normalized spacial score (nSPS) is 15.5. The molecule has 0 radical (unpaired) electrons. The van der Waals surface area contributed by atoms with Crippen LogP contribution in [0.15, 0.2) is 59.8 Å². The Morgan fingerprint density at radius 2 is 1.92 bits per heavy atom. The molecular weight excluding hydrogens is 472 g/mol. The van der Waals surface area contributed by atoms with Crippen LogP contribution in [0.2, 0.25) is 0 Å². The minimum Gasteiger partial charge on any atom is -0.480 e. The lowest BCUT2D eigenvalue weighted by Crippen LogP contribution is -2.39. The predicted molar refractivity (Wildman–Crippen MR) is 141 cm³/mol. The highest BCUT2D eigenvalue weighted by Gasteiger charge is 2.22. The quantitative estimate of drug-likeness (QED) is 0.287. The first-order valence-electron chi connectivity index (χ1n) is 12.3. The SMILES string of the molecule is COc1cncc(-c2cc3cc[nH]c(=O)c3c(Nc3ccc(C4CCN(CC(O)CO)CC4)cc3)n2)n1. The molecular formula is C27H30N6O4. The number of piperidine rings is 1. The largest absolute Gasteiger partial charge is 0.480 e. The van der Waals surface area contributed by atoms with Crippen LogP contribution >= 0.6 is 0 Å². The highest BCUT2D eigenvalue weighted by Crippen LogP contribution is 2.31. The Kier molecular flexibility index (Phi) is 7.40. The van der Waals surface area contributed by atoms with Crippen molar-refractivity contribution >= 4 is 22.3 Å². The Morgan fingerprint density at radius 1 is 1.14 bits per heavy atom. The maximum Gasteiger partial charge on any atom is 0.259 e. The van der Waals surface area contributed by atoms with Crippen LogP contribution in [0.1, 0.15) is 24.3 Å². The van der Waals surface area contributed by atoms with E-state index in [1.54, 1.807) is 12.4 Å². The van der Waals surface area contributed by atoms with E-state index in [-0.39, 0.29) is 12.2 Å². The van der Waals surface area contributed by atoms with Crippen molar-refractivity contribution in [2.75, 3.05) is 38.7 Å². The van der Waals surface area contributed by atoms with Gasteiger partial charge in [-0.25, -0.2) is 9.97 Å². The zero-order chi connectivity index (χ0) is 25.8. The van der Waals surface area contributed by atoms with Gasteiger partial charge in [-0.15, -0.1) is 0 Å². The molecule has 10 heteroatoms. The van der Waals surface area contributed by atoms with Gasteiger partial charge in [0.25, 0.3) is 5.56 Å². The number of rotatable bonds is 8. The minimum absolute atomic E-state index is 0.208. The van der Waals surface area contributed by atoms with Gasteiger partial charge in [0.1, 0.15) is 11.5 Å². The molecule has 3 aromatic heterocycles. The Morgan fingerprint density at radius 3 is 2.65 bits per heavy atom. The average molecular weight is 503 g/mol. The number of ether oxygens (including phenoxy) is 1. The fraction of sp³-hybridized carbons (Fsp3) is 0.333. The second-order valence-corrected chi connectivity index (χ2v) is 9.23. The molecule has 0 amide bonds. The second kappa shape index (κ2) is 11.0. The van der Waals surface area contributed by atoms with Gasteiger partial charge in [0.2, 0.25) is 5.88 Å². The molecule has 4 aromatic rings. The van der Waals surface area contributed by atoms with Crippen LogP contribution in [0.3, 0.4) is 0 Å². The summed E-state index contributed by atoms with van der Waals surface area (Å²) >= 11 is 0. The van der Waals surface area contributed by atoms with E-state index in [4.69, 9.17) is 14.8 Å². The van der Waals surface area contributed by atoms with E-state index in [0.717, 1.165) is 37.0 Å². The van der Waals surface area contributed by atoms with E-state index in [1.165, 1.54) is 18.9 Å². The summed E-state index contributed by atoms with van der Waals surface area (Å²) in [6, 6.07) is 11.9. The fourth-order valence-electron chi connectivity index (χ4n) is 4.79. The van der Waals surface area contributed by atoms with Crippen LogP contribution in [0, 0.1) is 0 Å². The number of β-amino-alcohol motifs (C(OH)–C–C–N with tert-alkyl or cyclic N) is 1. The molecule has 5 rings (SSSR count). The van der Waals surface area contributed by atoms with Crippen molar-refractivity contribution in [2.45, 2.75) is 24.9 Å². The third-order valence-electron chi connectivity index (χ3n) is 6.75. The highest BCUT2D eigenvalue weighted by atomic mass is 16.5. The number of aliphatic hydroxyl groups excluding tert-OH is 2. The molecule has 4 N–H and O–H groups in total. The molecule has 0 bridgehead atoms. The summed E-state index contributed by atoms with van der Waals surface area (Å²) in [5.74, 6) is 1.25. The van der Waals surface area contributed by atoms with Gasteiger partial charge in [-0.3, -0.25) is 9.78 Å². The van der Waals surface area contributed by atoms with Gasteiger partial charge in [0, 0.05) is 18.4 Å². The van der Waals surface area contributed by atoms with Crippen molar-refractivity contribution in [3.05, 3.63) is 70.9 Å². The van der Waals surface area contributed by atoms with E-state index in [9.17, 15) is 9.90 Å². The Labute approximate surface area is 214 Å². The number of nitrogens with zero attached hydrogens (tertiary/aromatic N) is 4. The average Bonchev–Trinajstić information content (AvgIpc) is 2.94. The van der Waals surface area contributed by atoms with Crippen molar-refractivity contribution in [1.29, 1.82) is 0 Å². The van der Waals surface area contributed by atoms with E-state index >= 15 is 0 Å². The van der Waals surface area contributed by atoms with Gasteiger partial charge in [-0.2, -0.15) is 0 Å². The zero-order valence-electron chi connectivity index (χ0n) is 20.6. The van der Waals surface area contributed by atoms with E-state index in [1.807, 2.05) is 24.3 Å². The van der Waals surface area contributed by atoms with Crippen LogP contribution in [0.5, 0.6) is 5.88 Å². The molecule has 4 heterocycles. The van der Waals surface area contributed by atoms with Crippen LogP contribution in [0.25, 0.3) is 22.2 Å². The maximum atomic E-state index is 12.7. The molecule has 1 atom stereocenters. The number of pyridine rings is 2. The monoisotopic (exact) mass is 502 g/mol. The molecule has 10 nitrogen and oxygen atoms in total. The lowest BCUT2D eigenvalue weighted by atomic mass is 9.89. The summed E-state index contributed by atoms with van der Waals surface area (Å²) in [6.07, 6.45) is 6.05. The maximum absolute atomic E-state index is 12.7. The van der Waals surface area contributed by atoms with Crippen LogP contribution in [0.4, 0.5) is 11.5 Å². The molecule has 1 saturated heterocycles. The van der Waals surface area contributed by atoms with Crippen LogP contribution in [-0.4, -0.2) is 74.5 Å². The van der Waals surface area contributed by atoms with Crippen molar-refractivity contribution in [3.63, 3.8) is 0 Å². The third-order valence-corrected chi connectivity index (χ3v) is 6.75. The number of aliphatic hydroxyl groups is 2. The number of nitrogens with one attached hydrogen (secondary N) is 2. The number of likely N-dealkylation sites (tertiary alicyclic amines) is 1. The molecule has 1 fully saturated rings. The summed E-state index contributed by atoms with van der Waals surface area (Å²) in [4.78, 5) is 31.0. The molecule has 1 aromatic carbocycles. The Hall–Kier alpha value is -3.86. The smallest absolute Gasteiger partial charge is 0.259 e. The summed E-state index contributed by atoms with van der Waals surface area (Å²) < 4.78 is 5.20. The molecule has 0 saturated carbocycles. The lowest BCUT2D eigenvalue weighted by Gasteiger charge is -2.33. The van der Waals surface area contributed by atoms with Crippen LogP contribution in [-0.2, 0) is 0 Å². The number of aromatic amines is 1. The lowest BCUT2D eigenvalue weighted by molar-refractivity contribution is 0.0513. The number of methoxy groups -OCH3 is 1. The molecule has 1 aliphatic heterocycles.